The molecule has 1 aromatic carbocycles. The van der Waals surface area contributed by atoms with Gasteiger partial charge in [0.2, 0.25) is 0 Å². The van der Waals surface area contributed by atoms with Gasteiger partial charge in [0.15, 0.2) is 0 Å². The van der Waals surface area contributed by atoms with Gasteiger partial charge in [-0.3, -0.25) is 4.79 Å². The Hall–Kier alpha value is -1.91. The van der Waals surface area contributed by atoms with Crippen molar-refractivity contribution in [3.63, 3.8) is 0 Å². The van der Waals surface area contributed by atoms with E-state index < -0.39 is 0 Å². The average molecular weight is 231 g/mol. The van der Waals surface area contributed by atoms with Crippen LogP contribution in [-0.4, -0.2) is 34.2 Å². The lowest BCUT2D eigenvalue weighted by Crippen LogP contribution is -2.35. The Labute approximate surface area is 98.4 Å². The van der Waals surface area contributed by atoms with Crippen LogP contribution in [0.5, 0.6) is 0 Å². The van der Waals surface area contributed by atoms with Gasteiger partial charge >= 0.3 is 0 Å². The van der Waals surface area contributed by atoms with Crippen LogP contribution in [0, 0.1) is 0 Å². The van der Waals surface area contributed by atoms with E-state index in [1.165, 1.54) is 6.42 Å². The fourth-order valence-electron chi connectivity index (χ4n) is 2.19. The number of carbonyl (C=O) groups excluding carboxylic acids is 1. The number of fused-ring (bicyclic) bond motifs is 1. The zero-order valence-corrected chi connectivity index (χ0v) is 9.43. The summed E-state index contributed by atoms with van der Waals surface area (Å²) in [5, 5.41) is 7.47. The van der Waals surface area contributed by atoms with E-state index in [0.717, 1.165) is 25.9 Å². The van der Waals surface area contributed by atoms with Crippen LogP contribution >= 0.6 is 0 Å². The van der Waals surface area contributed by atoms with Gasteiger partial charge in [-0.15, -0.1) is 0 Å². The molecule has 2 aromatic rings. The van der Waals surface area contributed by atoms with Crippen molar-refractivity contribution < 1.29 is 9.42 Å². The number of rotatable bonds is 1. The third kappa shape index (κ3) is 1.88. The number of benzene rings is 1. The Morgan fingerprint density at radius 1 is 1.12 bits per heavy atom. The summed E-state index contributed by atoms with van der Waals surface area (Å²) in [6, 6.07) is 5.29. The van der Waals surface area contributed by atoms with Crippen LogP contribution in [0.3, 0.4) is 0 Å². The molecule has 1 aliphatic rings. The summed E-state index contributed by atoms with van der Waals surface area (Å²) in [7, 11) is 0. The molecule has 1 fully saturated rings. The number of amides is 1. The van der Waals surface area contributed by atoms with Gasteiger partial charge in [-0.05, 0) is 47.8 Å². The lowest BCUT2D eigenvalue weighted by Gasteiger charge is -2.26. The van der Waals surface area contributed by atoms with Gasteiger partial charge in [-0.25, -0.2) is 4.63 Å². The van der Waals surface area contributed by atoms with Gasteiger partial charge in [-0.2, -0.15) is 0 Å². The van der Waals surface area contributed by atoms with Gasteiger partial charge in [0.25, 0.3) is 5.91 Å². The monoisotopic (exact) mass is 231 g/mol. The number of carbonyl (C=O) groups is 1. The molecular weight excluding hydrogens is 218 g/mol. The second-order valence-electron chi connectivity index (χ2n) is 4.32. The molecule has 0 saturated carbocycles. The minimum absolute atomic E-state index is 0.0783. The summed E-state index contributed by atoms with van der Waals surface area (Å²) in [5.41, 5.74) is 1.98. The molecule has 88 valence electrons. The first-order chi connectivity index (χ1) is 8.34. The minimum Gasteiger partial charge on any atom is -0.339 e. The molecular formula is C12H13N3O2. The Kier molecular flexibility index (Phi) is 2.51. The van der Waals surface area contributed by atoms with Crippen LogP contribution in [0.25, 0.3) is 11.0 Å². The summed E-state index contributed by atoms with van der Waals surface area (Å²) in [6.07, 6.45) is 3.41. The number of piperidine rings is 1. The molecule has 1 aromatic heterocycles. The number of nitrogens with zero attached hydrogens (tertiary/aromatic N) is 3. The summed E-state index contributed by atoms with van der Waals surface area (Å²) in [6.45, 7) is 1.71. The average Bonchev–Trinajstić information content (AvgIpc) is 2.86. The van der Waals surface area contributed by atoms with E-state index in [1.807, 2.05) is 4.90 Å². The first-order valence-corrected chi connectivity index (χ1v) is 5.86. The fraction of sp³-hybridized carbons (Fsp3) is 0.417. The zero-order valence-electron chi connectivity index (χ0n) is 9.43. The maximum absolute atomic E-state index is 12.2. The Balaban J connectivity index is 1.88. The van der Waals surface area contributed by atoms with Crippen LogP contribution in [0.4, 0.5) is 0 Å². The summed E-state index contributed by atoms with van der Waals surface area (Å²) >= 11 is 0. The molecule has 0 bridgehead atoms. The largest absolute Gasteiger partial charge is 0.339 e. The lowest BCUT2D eigenvalue weighted by atomic mass is 10.1. The number of hydrogen-bond donors (Lipinski definition) is 0. The Bertz CT molecular complexity index is 543. The number of aromatic nitrogens is 2. The van der Waals surface area contributed by atoms with Crippen molar-refractivity contribution in [2.75, 3.05) is 13.1 Å². The van der Waals surface area contributed by atoms with Crippen molar-refractivity contribution in [3.05, 3.63) is 23.8 Å². The van der Waals surface area contributed by atoms with E-state index in [4.69, 9.17) is 0 Å². The summed E-state index contributed by atoms with van der Waals surface area (Å²) < 4.78 is 4.62. The third-order valence-electron chi connectivity index (χ3n) is 3.14. The second kappa shape index (κ2) is 4.16. The minimum atomic E-state index is 0.0783. The number of likely N-dealkylation sites (tertiary alicyclic amines) is 1. The normalized spacial score (nSPS) is 16.4. The predicted molar refractivity (Wildman–Crippen MR) is 61.6 cm³/mol. The molecule has 3 rings (SSSR count). The van der Waals surface area contributed by atoms with Gasteiger partial charge < -0.3 is 4.90 Å². The maximum Gasteiger partial charge on any atom is 0.253 e. The first-order valence-electron chi connectivity index (χ1n) is 5.86. The highest BCUT2D eigenvalue weighted by Gasteiger charge is 2.18. The molecule has 5 heteroatoms. The van der Waals surface area contributed by atoms with Crippen molar-refractivity contribution in [1.82, 2.24) is 15.2 Å². The predicted octanol–water partition coefficient (Wildman–Crippen LogP) is 1.85. The van der Waals surface area contributed by atoms with E-state index in [-0.39, 0.29) is 5.91 Å². The van der Waals surface area contributed by atoms with Crippen molar-refractivity contribution >= 4 is 16.9 Å². The maximum atomic E-state index is 12.2. The highest BCUT2D eigenvalue weighted by atomic mass is 16.6. The third-order valence-corrected chi connectivity index (χ3v) is 3.14. The van der Waals surface area contributed by atoms with Crippen LogP contribution < -0.4 is 0 Å². The SMILES string of the molecule is O=C(c1ccc2nonc2c1)N1CCCCC1. The molecule has 0 radical (unpaired) electrons. The smallest absolute Gasteiger partial charge is 0.253 e. The zero-order chi connectivity index (χ0) is 11.7. The Morgan fingerprint density at radius 3 is 2.71 bits per heavy atom. The van der Waals surface area contributed by atoms with Crippen LogP contribution in [-0.2, 0) is 0 Å². The second-order valence-corrected chi connectivity index (χ2v) is 4.32. The molecule has 0 spiro atoms. The van der Waals surface area contributed by atoms with Gasteiger partial charge in [-0.1, -0.05) is 0 Å². The lowest BCUT2D eigenvalue weighted by molar-refractivity contribution is 0.0724. The Morgan fingerprint density at radius 2 is 1.88 bits per heavy atom. The number of hydrogen-bond acceptors (Lipinski definition) is 4. The molecule has 1 saturated heterocycles. The summed E-state index contributed by atoms with van der Waals surface area (Å²) in [5.74, 6) is 0.0783. The highest BCUT2D eigenvalue weighted by molar-refractivity contribution is 5.97. The van der Waals surface area contributed by atoms with Gasteiger partial charge in [0, 0.05) is 18.7 Å². The van der Waals surface area contributed by atoms with Gasteiger partial charge in [0.1, 0.15) is 11.0 Å². The molecule has 2 heterocycles. The van der Waals surface area contributed by atoms with Crippen molar-refractivity contribution in [1.29, 1.82) is 0 Å². The standard InChI is InChI=1S/C12H13N3O2/c16-12(15-6-2-1-3-7-15)9-4-5-10-11(8-9)14-17-13-10/h4-5,8H,1-3,6-7H2. The molecule has 5 nitrogen and oxygen atoms in total. The molecule has 0 atom stereocenters. The molecule has 0 N–H and O–H groups in total. The summed E-state index contributed by atoms with van der Waals surface area (Å²) in [4.78, 5) is 14.1. The van der Waals surface area contributed by atoms with E-state index in [9.17, 15) is 4.79 Å². The highest BCUT2D eigenvalue weighted by Crippen LogP contribution is 2.16. The van der Waals surface area contributed by atoms with E-state index in [0.29, 0.717) is 16.6 Å². The molecule has 0 unspecified atom stereocenters. The van der Waals surface area contributed by atoms with E-state index >= 15 is 0 Å². The first kappa shape index (κ1) is 10.3. The van der Waals surface area contributed by atoms with Crippen LogP contribution in [0.2, 0.25) is 0 Å². The molecule has 17 heavy (non-hydrogen) atoms. The molecule has 1 amide bonds. The van der Waals surface area contributed by atoms with E-state index in [1.54, 1.807) is 18.2 Å². The van der Waals surface area contributed by atoms with Crippen molar-refractivity contribution in [2.24, 2.45) is 0 Å². The van der Waals surface area contributed by atoms with Crippen LogP contribution in [0.15, 0.2) is 22.8 Å². The molecule has 0 aliphatic carbocycles. The molecule has 1 aliphatic heterocycles. The van der Waals surface area contributed by atoms with Crippen molar-refractivity contribution in [2.45, 2.75) is 19.3 Å². The van der Waals surface area contributed by atoms with E-state index in [2.05, 4.69) is 14.9 Å². The topological polar surface area (TPSA) is 59.2 Å². The van der Waals surface area contributed by atoms with Crippen molar-refractivity contribution in [3.8, 4) is 0 Å². The van der Waals surface area contributed by atoms with Gasteiger partial charge in [0.05, 0.1) is 0 Å². The quantitative estimate of drug-likeness (QED) is 0.751. The van der Waals surface area contributed by atoms with Crippen LogP contribution in [0.1, 0.15) is 29.6 Å². The fourth-order valence-corrected chi connectivity index (χ4v) is 2.19.